The van der Waals surface area contributed by atoms with Crippen molar-refractivity contribution < 1.29 is 0 Å². The van der Waals surface area contributed by atoms with Crippen LogP contribution in [0.4, 0.5) is 0 Å². The highest BCUT2D eigenvalue weighted by atomic mass is 35.5. The van der Waals surface area contributed by atoms with Gasteiger partial charge in [-0.15, -0.1) is 12.4 Å². The van der Waals surface area contributed by atoms with Crippen molar-refractivity contribution in [2.24, 2.45) is 5.73 Å². The molecule has 2 nitrogen and oxygen atoms in total. The second kappa shape index (κ2) is 5.10. The average molecular weight is 173 g/mol. The summed E-state index contributed by atoms with van der Waals surface area (Å²) in [6, 6.07) is 4.22. The van der Waals surface area contributed by atoms with Crippen molar-refractivity contribution >= 4 is 12.4 Å². The van der Waals surface area contributed by atoms with Crippen LogP contribution in [-0.2, 0) is 6.42 Å². The fourth-order valence-electron chi connectivity index (χ4n) is 0.891. The fourth-order valence-corrected chi connectivity index (χ4v) is 0.891. The van der Waals surface area contributed by atoms with E-state index in [4.69, 9.17) is 5.73 Å². The minimum atomic E-state index is 0. The van der Waals surface area contributed by atoms with Crippen molar-refractivity contribution in [1.82, 2.24) is 4.98 Å². The molecule has 0 radical (unpaired) electrons. The van der Waals surface area contributed by atoms with Gasteiger partial charge < -0.3 is 5.73 Å². The quantitative estimate of drug-likeness (QED) is 0.733. The average Bonchev–Trinajstić information content (AvgIpc) is 1.88. The van der Waals surface area contributed by atoms with Gasteiger partial charge in [0, 0.05) is 18.4 Å². The Balaban J connectivity index is 0.000001000. The summed E-state index contributed by atoms with van der Waals surface area (Å²) in [4.78, 5) is 3.91. The summed E-state index contributed by atoms with van der Waals surface area (Å²) in [7, 11) is 0. The normalized spacial score (nSPS) is 11.8. The Morgan fingerprint density at radius 2 is 2.00 bits per heavy atom. The lowest BCUT2D eigenvalue weighted by molar-refractivity contribution is 0.737. The van der Waals surface area contributed by atoms with E-state index < -0.39 is 0 Å². The first-order chi connectivity index (χ1) is 4.79. The van der Waals surface area contributed by atoms with Crippen LogP contribution in [0.2, 0.25) is 0 Å². The SMILES string of the molecule is CC(N)Cc1ccncc1.Cl. The van der Waals surface area contributed by atoms with E-state index in [1.54, 1.807) is 12.4 Å². The molecule has 3 heteroatoms. The Morgan fingerprint density at radius 3 is 2.45 bits per heavy atom. The lowest BCUT2D eigenvalue weighted by Gasteiger charge is -2.02. The van der Waals surface area contributed by atoms with Crippen molar-refractivity contribution in [2.45, 2.75) is 19.4 Å². The van der Waals surface area contributed by atoms with Crippen molar-refractivity contribution in [3.8, 4) is 0 Å². The fraction of sp³-hybridized carbons (Fsp3) is 0.375. The highest BCUT2D eigenvalue weighted by Crippen LogP contribution is 1.98. The van der Waals surface area contributed by atoms with Gasteiger partial charge in [-0.1, -0.05) is 0 Å². The van der Waals surface area contributed by atoms with Crippen molar-refractivity contribution in [3.63, 3.8) is 0 Å². The molecule has 0 aliphatic heterocycles. The second-order valence-electron chi connectivity index (χ2n) is 2.54. The van der Waals surface area contributed by atoms with E-state index in [2.05, 4.69) is 4.98 Å². The topological polar surface area (TPSA) is 38.9 Å². The molecule has 2 N–H and O–H groups in total. The molecule has 0 saturated heterocycles. The smallest absolute Gasteiger partial charge is 0.0270 e. The van der Waals surface area contributed by atoms with E-state index in [0.717, 1.165) is 6.42 Å². The van der Waals surface area contributed by atoms with Gasteiger partial charge in [-0.3, -0.25) is 4.98 Å². The molecule has 0 aromatic carbocycles. The van der Waals surface area contributed by atoms with Gasteiger partial charge >= 0.3 is 0 Å². The van der Waals surface area contributed by atoms with E-state index in [1.807, 2.05) is 19.1 Å². The number of aromatic nitrogens is 1. The van der Waals surface area contributed by atoms with Crippen LogP contribution in [0, 0.1) is 0 Å². The molecule has 11 heavy (non-hydrogen) atoms. The van der Waals surface area contributed by atoms with E-state index >= 15 is 0 Å². The van der Waals surface area contributed by atoms with E-state index in [9.17, 15) is 0 Å². The van der Waals surface area contributed by atoms with Crippen LogP contribution >= 0.6 is 12.4 Å². The van der Waals surface area contributed by atoms with E-state index in [-0.39, 0.29) is 18.4 Å². The third kappa shape index (κ3) is 3.96. The Labute approximate surface area is 73.2 Å². The predicted molar refractivity (Wildman–Crippen MR) is 48.8 cm³/mol. The summed E-state index contributed by atoms with van der Waals surface area (Å²) in [6.07, 6.45) is 4.51. The number of hydrogen-bond donors (Lipinski definition) is 1. The van der Waals surface area contributed by atoms with Gasteiger partial charge in [0.15, 0.2) is 0 Å². The Kier molecular flexibility index (Phi) is 4.83. The largest absolute Gasteiger partial charge is 0.328 e. The van der Waals surface area contributed by atoms with Crippen LogP contribution in [0.15, 0.2) is 24.5 Å². The molecule has 0 aliphatic rings. The zero-order valence-corrected chi connectivity index (χ0v) is 7.34. The Morgan fingerprint density at radius 1 is 1.45 bits per heavy atom. The van der Waals surface area contributed by atoms with Crippen LogP contribution in [0.5, 0.6) is 0 Å². The van der Waals surface area contributed by atoms with Crippen LogP contribution in [-0.4, -0.2) is 11.0 Å². The molecule has 1 rings (SSSR count). The van der Waals surface area contributed by atoms with Crippen molar-refractivity contribution in [1.29, 1.82) is 0 Å². The number of nitrogens with zero attached hydrogens (tertiary/aromatic N) is 1. The van der Waals surface area contributed by atoms with E-state index in [1.165, 1.54) is 5.56 Å². The monoisotopic (exact) mass is 172 g/mol. The van der Waals surface area contributed by atoms with Crippen LogP contribution < -0.4 is 5.73 Å². The summed E-state index contributed by atoms with van der Waals surface area (Å²) < 4.78 is 0. The number of pyridine rings is 1. The van der Waals surface area contributed by atoms with Gasteiger partial charge in [0.2, 0.25) is 0 Å². The third-order valence-electron chi connectivity index (χ3n) is 1.31. The number of hydrogen-bond acceptors (Lipinski definition) is 2. The minimum absolute atomic E-state index is 0. The van der Waals surface area contributed by atoms with Crippen molar-refractivity contribution in [2.75, 3.05) is 0 Å². The van der Waals surface area contributed by atoms with Crippen molar-refractivity contribution in [3.05, 3.63) is 30.1 Å². The third-order valence-corrected chi connectivity index (χ3v) is 1.31. The molecule has 0 bridgehead atoms. The van der Waals surface area contributed by atoms with Crippen LogP contribution in [0.1, 0.15) is 12.5 Å². The van der Waals surface area contributed by atoms with Gasteiger partial charge in [-0.05, 0) is 31.0 Å². The summed E-state index contributed by atoms with van der Waals surface area (Å²) in [5.41, 5.74) is 6.86. The number of rotatable bonds is 2. The molecule has 1 heterocycles. The molecule has 0 spiro atoms. The molecule has 0 aliphatic carbocycles. The summed E-state index contributed by atoms with van der Waals surface area (Å²) in [6.45, 7) is 2.00. The molecule has 1 unspecified atom stereocenters. The van der Waals surface area contributed by atoms with Crippen LogP contribution in [0.25, 0.3) is 0 Å². The molecular formula is C8H13ClN2. The molecule has 1 aromatic heterocycles. The Hall–Kier alpha value is -0.600. The standard InChI is InChI=1S/C8H12N2.ClH/c1-7(9)6-8-2-4-10-5-3-8;/h2-5,7H,6,9H2,1H3;1H. The first-order valence-electron chi connectivity index (χ1n) is 3.43. The lowest BCUT2D eigenvalue weighted by atomic mass is 10.1. The summed E-state index contributed by atoms with van der Waals surface area (Å²) >= 11 is 0. The highest BCUT2D eigenvalue weighted by molar-refractivity contribution is 5.85. The molecule has 0 amide bonds. The molecule has 62 valence electrons. The number of halogens is 1. The maximum absolute atomic E-state index is 5.60. The lowest BCUT2D eigenvalue weighted by Crippen LogP contribution is -2.17. The zero-order valence-electron chi connectivity index (χ0n) is 6.53. The minimum Gasteiger partial charge on any atom is -0.328 e. The maximum Gasteiger partial charge on any atom is 0.0270 e. The summed E-state index contributed by atoms with van der Waals surface area (Å²) in [5.74, 6) is 0. The van der Waals surface area contributed by atoms with Gasteiger partial charge in [0.25, 0.3) is 0 Å². The summed E-state index contributed by atoms with van der Waals surface area (Å²) in [5, 5.41) is 0. The number of nitrogens with two attached hydrogens (primary N) is 1. The maximum atomic E-state index is 5.60. The van der Waals surface area contributed by atoms with Gasteiger partial charge in [-0.2, -0.15) is 0 Å². The molecule has 1 atom stereocenters. The van der Waals surface area contributed by atoms with Gasteiger partial charge in [-0.25, -0.2) is 0 Å². The van der Waals surface area contributed by atoms with Gasteiger partial charge in [0.05, 0.1) is 0 Å². The Bertz CT molecular complexity index is 187. The first-order valence-corrected chi connectivity index (χ1v) is 3.43. The zero-order chi connectivity index (χ0) is 7.40. The molecule has 0 fully saturated rings. The molecule has 0 saturated carbocycles. The predicted octanol–water partition coefficient (Wildman–Crippen LogP) is 1.39. The van der Waals surface area contributed by atoms with Crippen LogP contribution in [0.3, 0.4) is 0 Å². The van der Waals surface area contributed by atoms with Gasteiger partial charge in [0.1, 0.15) is 0 Å². The highest BCUT2D eigenvalue weighted by Gasteiger charge is 1.94. The first kappa shape index (κ1) is 10.4. The molecule has 1 aromatic rings. The molecular weight excluding hydrogens is 160 g/mol. The van der Waals surface area contributed by atoms with E-state index in [0.29, 0.717) is 0 Å². The second-order valence-corrected chi connectivity index (χ2v) is 2.54.